The normalized spacial score (nSPS) is 13.1. The second kappa shape index (κ2) is 5.64. The number of hydrogen-bond donors (Lipinski definition) is 1. The van der Waals surface area contributed by atoms with E-state index in [0.29, 0.717) is 16.1 Å². The van der Waals surface area contributed by atoms with Crippen LogP contribution in [0, 0.1) is 4.77 Å². The topological polar surface area (TPSA) is 20.7 Å². The third kappa shape index (κ3) is 2.58. The Bertz CT molecular complexity index is 615. The molecule has 2 nitrogen and oxygen atoms in total. The highest BCUT2D eigenvalue weighted by atomic mass is 35.5. The van der Waals surface area contributed by atoms with Crippen molar-refractivity contribution in [1.29, 1.82) is 0 Å². The molecule has 0 aliphatic rings. The number of unbranched alkanes of at least 4 members (excludes halogenated alkanes) is 1. The summed E-state index contributed by atoms with van der Waals surface area (Å²) in [5, 5.41) is 1.11. The van der Waals surface area contributed by atoms with Crippen LogP contribution in [0.3, 0.4) is 0 Å². The maximum absolute atomic E-state index is 6.08. The van der Waals surface area contributed by atoms with Gasteiger partial charge in [0, 0.05) is 6.04 Å². The maximum Gasteiger partial charge on any atom is 0.178 e. The molecular weight excluding hydrogens is 287 g/mol. The number of aromatic amines is 1. The van der Waals surface area contributed by atoms with Crippen LogP contribution in [0.15, 0.2) is 12.1 Å². The van der Waals surface area contributed by atoms with Crippen LogP contribution in [0.5, 0.6) is 0 Å². The van der Waals surface area contributed by atoms with Crippen molar-refractivity contribution >= 4 is 46.5 Å². The molecule has 0 aliphatic heterocycles. The summed E-state index contributed by atoms with van der Waals surface area (Å²) in [5.74, 6) is 0. The molecule has 2 rings (SSSR count). The molecule has 0 bridgehead atoms. The summed E-state index contributed by atoms with van der Waals surface area (Å²) in [6, 6.07) is 4.08. The third-order valence-electron chi connectivity index (χ3n) is 3.17. The molecule has 1 atom stereocenters. The summed E-state index contributed by atoms with van der Waals surface area (Å²) in [4.78, 5) is 3.19. The Morgan fingerprint density at radius 1 is 1.33 bits per heavy atom. The van der Waals surface area contributed by atoms with Crippen molar-refractivity contribution in [2.24, 2.45) is 0 Å². The first-order valence-corrected chi connectivity index (χ1v) is 7.30. The fourth-order valence-electron chi connectivity index (χ4n) is 2.19. The SMILES string of the molecule is CCCCC(C)n1c(=S)[nH]c2cc(Cl)c(Cl)cc21. The van der Waals surface area contributed by atoms with Gasteiger partial charge < -0.3 is 9.55 Å². The average molecular weight is 303 g/mol. The summed E-state index contributed by atoms with van der Waals surface area (Å²) < 4.78 is 2.86. The van der Waals surface area contributed by atoms with Crippen molar-refractivity contribution in [3.05, 3.63) is 26.9 Å². The summed E-state index contributed by atoms with van der Waals surface area (Å²) >= 11 is 17.5. The highest BCUT2D eigenvalue weighted by Gasteiger charge is 2.12. The first-order valence-electron chi connectivity index (χ1n) is 6.13. The molecule has 0 amide bonds. The van der Waals surface area contributed by atoms with Crippen LogP contribution in [-0.2, 0) is 0 Å². The van der Waals surface area contributed by atoms with Crippen LogP contribution < -0.4 is 0 Å². The fraction of sp³-hybridized carbons (Fsp3) is 0.462. The van der Waals surface area contributed by atoms with E-state index in [1.165, 1.54) is 12.8 Å². The van der Waals surface area contributed by atoms with Crippen molar-refractivity contribution in [1.82, 2.24) is 9.55 Å². The molecule has 0 spiro atoms. The smallest absolute Gasteiger partial charge is 0.178 e. The second-order valence-electron chi connectivity index (χ2n) is 4.57. The van der Waals surface area contributed by atoms with E-state index in [9.17, 15) is 0 Å². The molecule has 0 radical (unpaired) electrons. The van der Waals surface area contributed by atoms with Gasteiger partial charge in [0.05, 0.1) is 21.1 Å². The van der Waals surface area contributed by atoms with Crippen molar-refractivity contribution < 1.29 is 0 Å². The number of benzene rings is 1. The summed E-state index contributed by atoms with van der Waals surface area (Å²) in [7, 11) is 0. The number of nitrogens with one attached hydrogen (secondary N) is 1. The number of H-pyrrole nitrogens is 1. The summed E-state index contributed by atoms with van der Waals surface area (Å²) in [6.07, 6.45) is 3.49. The van der Waals surface area contributed by atoms with E-state index < -0.39 is 0 Å². The largest absolute Gasteiger partial charge is 0.331 e. The minimum absolute atomic E-state index is 0.364. The number of fused-ring (bicyclic) bond motifs is 1. The van der Waals surface area contributed by atoms with Gasteiger partial charge in [-0.05, 0) is 37.7 Å². The Labute approximate surface area is 122 Å². The number of imidazole rings is 1. The van der Waals surface area contributed by atoms with Crippen LogP contribution in [-0.4, -0.2) is 9.55 Å². The van der Waals surface area contributed by atoms with Crippen LogP contribution in [0.4, 0.5) is 0 Å². The van der Waals surface area contributed by atoms with Gasteiger partial charge in [-0.25, -0.2) is 0 Å². The Balaban J connectivity index is 2.53. The highest BCUT2D eigenvalue weighted by Crippen LogP contribution is 2.30. The van der Waals surface area contributed by atoms with Crippen LogP contribution in [0.2, 0.25) is 10.0 Å². The summed E-state index contributed by atoms with van der Waals surface area (Å²) in [5.41, 5.74) is 1.97. The quantitative estimate of drug-likeness (QED) is 0.712. The highest BCUT2D eigenvalue weighted by molar-refractivity contribution is 7.71. The Morgan fingerprint density at radius 2 is 2.00 bits per heavy atom. The first kappa shape index (κ1) is 13.9. The van der Waals surface area contributed by atoms with Gasteiger partial charge in [0.1, 0.15) is 0 Å². The minimum atomic E-state index is 0.364. The molecule has 1 aromatic carbocycles. The van der Waals surface area contributed by atoms with Gasteiger partial charge >= 0.3 is 0 Å². The molecule has 0 saturated carbocycles. The van der Waals surface area contributed by atoms with Crippen molar-refractivity contribution in [3.63, 3.8) is 0 Å². The predicted molar refractivity (Wildman–Crippen MR) is 81.4 cm³/mol. The molecule has 98 valence electrons. The monoisotopic (exact) mass is 302 g/mol. The van der Waals surface area contributed by atoms with E-state index in [2.05, 4.69) is 23.4 Å². The lowest BCUT2D eigenvalue weighted by Gasteiger charge is -2.14. The van der Waals surface area contributed by atoms with E-state index in [-0.39, 0.29) is 0 Å². The number of halogens is 2. The molecule has 18 heavy (non-hydrogen) atoms. The molecule has 0 aliphatic carbocycles. The third-order valence-corrected chi connectivity index (χ3v) is 4.20. The first-order chi connectivity index (χ1) is 8.54. The molecule has 2 aromatic rings. The van der Waals surface area contributed by atoms with E-state index in [4.69, 9.17) is 35.4 Å². The number of hydrogen-bond acceptors (Lipinski definition) is 1. The Kier molecular flexibility index (Phi) is 4.36. The zero-order valence-electron chi connectivity index (χ0n) is 10.5. The lowest BCUT2D eigenvalue weighted by molar-refractivity contribution is 0.491. The Morgan fingerprint density at radius 3 is 2.67 bits per heavy atom. The number of nitrogens with zero attached hydrogens (tertiary/aromatic N) is 1. The van der Waals surface area contributed by atoms with Gasteiger partial charge in [-0.3, -0.25) is 0 Å². The van der Waals surface area contributed by atoms with E-state index in [0.717, 1.165) is 22.2 Å². The van der Waals surface area contributed by atoms with E-state index in [1.807, 2.05) is 12.1 Å². The van der Waals surface area contributed by atoms with Crippen LogP contribution in [0.25, 0.3) is 11.0 Å². The average Bonchev–Trinajstić information content (AvgIpc) is 2.62. The standard InChI is InChI=1S/C13H16Cl2N2S/c1-3-4-5-8(2)17-12-7-10(15)9(14)6-11(12)16-13(17)18/h6-8H,3-5H2,1-2H3,(H,16,18). The van der Waals surface area contributed by atoms with Crippen molar-refractivity contribution in [3.8, 4) is 0 Å². The summed E-state index contributed by atoms with van der Waals surface area (Å²) in [6.45, 7) is 4.37. The fourth-order valence-corrected chi connectivity index (χ4v) is 2.90. The van der Waals surface area contributed by atoms with Gasteiger partial charge in [-0.15, -0.1) is 0 Å². The maximum atomic E-state index is 6.08. The lowest BCUT2D eigenvalue weighted by atomic mass is 10.1. The predicted octanol–water partition coefficient (Wildman–Crippen LogP) is 5.76. The molecule has 1 N–H and O–H groups in total. The molecule has 0 fully saturated rings. The molecule has 1 heterocycles. The molecule has 1 unspecified atom stereocenters. The lowest BCUT2D eigenvalue weighted by Crippen LogP contribution is -2.04. The molecule has 5 heteroatoms. The Hall–Kier alpha value is -0.510. The van der Waals surface area contributed by atoms with Crippen LogP contribution in [0.1, 0.15) is 39.2 Å². The van der Waals surface area contributed by atoms with Gasteiger partial charge in [0.25, 0.3) is 0 Å². The van der Waals surface area contributed by atoms with Gasteiger partial charge in [0.15, 0.2) is 4.77 Å². The van der Waals surface area contributed by atoms with E-state index in [1.54, 1.807) is 0 Å². The molecular formula is C13H16Cl2N2S. The van der Waals surface area contributed by atoms with Gasteiger partial charge in [-0.1, -0.05) is 43.0 Å². The van der Waals surface area contributed by atoms with Gasteiger partial charge in [0.2, 0.25) is 0 Å². The molecule has 0 saturated heterocycles. The van der Waals surface area contributed by atoms with E-state index >= 15 is 0 Å². The minimum Gasteiger partial charge on any atom is -0.331 e. The van der Waals surface area contributed by atoms with Crippen molar-refractivity contribution in [2.75, 3.05) is 0 Å². The zero-order valence-corrected chi connectivity index (χ0v) is 12.8. The van der Waals surface area contributed by atoms with Gasteiger partial charge in [-0.2, -0.15) is 0 Å². The van der Waals surface area contributed by atoms with Crippen molar-refractivity contribution in [2.45, 2.75) is 39.2 Å². The number of aromatic nitrogens is 2. The zero-order chi connectivity index (χ0) is 13.3. The second-order valence-corrected chi connectivity index (χ2v) is 5.78. The van der Waals surface area contributed by atoms with Crippen LogP contribution >= 0.6 is 35.4 Å². The molecule has 1 aromatic heterocycles. The number of rotatable bonds is 4.